The second kappa shape index (κ2) is 10.4. The van der Waals surface area contributed by atoms with Gasteiger partial charge in [-0.15, -0.1) is 0 Å². The molecule has 0 bridgehead atoms. The van der Waals surface area contributed by atoms with E-state index in [2.05, 4.69) is 25.1 Å². The molecular weight excluding hydrogens is 409 g/mol. The Kier molecular flexibility index (Phi) is 7.67. The van der Waals surface area contributed by atoms with Gasteiger partial charge in [-0.1, -0.05) is 12.1 Å². The van der Waals surface area contributed by atoms with E-state index in [1.54, 1.807) is 25.5 Å². The first kappa shape index (κ1) is 22.8. The predicted octanol–water partition coefficient (Wildman–Crippen LogP) is 2.85. The summed E-state index contributed by atoms with van der Waals surface area (Å²) in [5, 5.41) is 2.86. The summed E-state index contributed by atoms with van der Waals surface area (Å²) in [6, 6.07) is 6.41. The summed E-state index contributed by atoms with van der Waals surface area (Å²) in [4.78, 5) is 26.7. The molecule has 10 heteroatoms. The average Bonchev–Trinajstić information content (AvgIpc) is 2.77. The Morgan fingerprint density at radius 1 is 1.10 bits per heavy atom. The van der Waals surface area contributed by atoms with E-state index in [0.29, 0.717) is 12.1 Å². The van der Waals surface area contributed by atoms with E-state index >= 15 is 0 Å². The first-order valence-electron chi connectivity index (χ1n) is 10.2. The van der Waals surface area contributed by atoms with Gasteiger partial charge in [0.2, 0.25) is 5.95 Å². The summed E-state index contributed by atoms with van der Waals surface area (Å²) in [6.07, 6.45) is -0.0522. The highest BCUT2D eigenvalue weighted by atomic mass is 19.4. The van der Waals surface area contributed by atoms with Gasteiger partial charge >= 0.3 is 12.2 Å². The maximum absolute atomic E-state index is 12.6. The van der Waals surface area contributed by atoms with Gasteiger partial charge in [-0.2, -0.15) is 13.2 Å². The van der Waals surface area contributed by atoms with E-state index < -0.39 is 11.7 Å². The third kappa shape index (κ3) is 6.81. The Balaban J connectivity index is 1.32. The molecule has 2 heterocycles. The lowest BCUT2D eigenvalue weighted by Crippen LogP contribution is -2.47. The zero-order valence-corrected chi connectivity index (χ0v) is 17.5. The molecule has 1 aliphatic rings. The minimum atomic E-state index is -4.36. The van der Waals surface area contributed by atoms with Crippen molar-refractivity contribution >= 4 is 12.0 Å². The van der Waals surface area contributed by atoms with Gasteiger partial charge in [-0.3, -0.25) is 4.90 Å². The van der Waals surface area contributed by atoms with Crippen molar-refractivity contribution in [2.75, 3.05) is 51.2 Å². The Labute approximate surface area is 179 Å². The number of benzene rings is 1. The Hall–Kier alpha value is -2.88. The SMILES string of the molecule is CN(Cc1ccc(C(F)(F)F)cc1)C(=O)NCCCN1CCN(c2ncccn2)CC1. The minimum Gasteiger partial charge on any atom is -0.338 e. The van der Waals surface area contributed by atoms with Gasteiger partial charge in [-0.05, 0) is 36.7 Å². The lowest BCUT2D eigenvalue weighted by Gasteiger charge is -2.34. The number of carbonyl (C=O) groups is 1. The van der Waals surface area contributed by atoms with Gasteiger partial charge in [-0.25, -0.2) is 14.8 Å². The molecule has 0 unspecified atom stereocenters. The molecule has 7 nitrogen and oxygen atoms in total. The van der Waals surface area contributed by atoms with Crippen molar-refractivity contribution in [1.82, 2.24) is 25.1 Å². The molecule has 1 aromatic carbocycles. The van der Waals surface area contributed by atoms with E-state index in [-0.39, 0.29) is 12.6 Å². The number of rotatable bonds is 7. The molecule has 31 heavy (non-hydrogen) atoms. The zero-order valence-electron chi connectivity index (χ0n) is 17.5. The molecule has 1 N–H and O–H groups in total. The fourth-order valence-electron chi connectivity index (χ4n) is 3.40. The highest BCUT2D eigenvalue weighted by Gasteiger charge is 2.30. The third-order valence-corrected chi connectivity index (χ3v) is 5.18. The molecule has 0 aliphatic carbocycles. The van der Waals surface area contributed by atoms with Crippen molar-refractivity contribution in [3.63, 3.8) is 0 Å². The number of hydrogen-bond acceptors (Lipinski definition) is 5. The number of nitrogens with zero attached hydrogens (tertiary/aromatic N) is 5. The predicted molar refractivity (Wildman–Crippen MR) is 112 cm³/mol. The third-order valence-electron chi connectivity index (χ3n) is 5.18. The maximum atomic E-state index is 12.6. The fraction of sp³-hybridized carbons (Fsp3) is 0.476. The number of anilines is 1. The number of halogens is 3. The van der Waals surface area contributed by atoms with Crippen LogP contribution in [0.1, 0.15) is 17.5 Å². The molecule has 1 saturated heterocycles. The maximum Gasteiger partial charge on any atom is 0.416 e. The van der Waals surface area contributed by atoms with E-state index in [1.807, 2.05) is 0 Å². The number of amides is 2. The summed E-state index contributed by atoms with van der Waals surface area (Å²) >= 11 is 0. The highest BCUT2D eigenvalue weighted by Crippen LogP contribution is 2.29. The summed E-state index contributed by atoms with van der Waals surface area (Å²) < 4.78 is 37.9. The fourth-order valence-corrected chi connectivity index (χ4v) is 3.40. The van der Waals surface area contributed by atoms with Crippen LogP contribution in [-0.2, 0) is 12.7 Å². The van der Waals surface area contributed by atoms with Crippen LogP contribution >= 0.6 is 0 Å². The summed E-state index contributed by atoms with van der Waals surface area (Å²) in [6.45, 7) is 5.23. The van der Waals surface area contributed by atoms with Gasteiger partial charge in [0.05, 0.1) is 5.56 Å². The lowest BCUT2D eigenvalue weighted by molar-refractivity contribution is -0.137. The average molecular weight is 436 g/mol. The number of aromatic nitrogens is 2. The van der Waals surface area contributed by atoms with Crippen LogP contribution in [0.4, 0.5) is 23.9 Å². The molecular formula is C21H27F3N6O. The molecule has 0 radical (unpaired) electrons. The first-order chi connectivity index (χ1) is 14.8. The molecule has 1 fully saturated rings. The van der Waals surface area contributed by atoms with Gasteiger partial charge in [0.15, 0.2) is 0 Å². The summed E-state index contributed by atoms with van der Waals surface area (Å²) in [7, 11) is 1.62. The molecule has 2 aromatic rings. The molecule has 0 atom stereocenters. The van der Waals surface area contributed by atoms with Crippen LogP contribution < -0.4 is 10.2 Å². The highest BCUT2D eigenvalue weighted by molar-refractivity contribution is 5.73. The number of hydrogen-bond donors (Lipinski definition) is 1. The molecule has 0 saturated carbocycles. The molecule has 1 aromatic heterocycles. The summed E-state index contributed by atoms with van der Waals surface area (Å²) in [5.41, 5.74) is -0.0496. The Morgan fingerprint density at radius 2 is 1.74 bits per heavy atom. The van der Waals surface area contributed by atoms with Crippen LogP contribution in [0, 0.1) is 0 Å². The number of nitrogens with one attached hydrogen (secondary N) is 1. The Morgan fingerprint density at radius 3 is 2.35 bits per heavy atom. The number of urea groups is 1. The summed E-state index contributed by atoms with van der Waals surface area (Å²) in [5.74, 6) is 0.755. The molecule has 168 valence electrons. The van der Waals surface area contributed by atoms with Crippen LogP contribution in [0.25, 0.3) is 0 Å². The molecule has 2 amide bonds. The van der Waals surface area contributed by atoms with Crippen molar-refractivity contribution in [2.24, 2.45) is 0 Å². The number of carbonyl (C=O) groups excluding carboxylic acids is 1. The first-order valence-corrected chi connectivity index (χ1v) is 10.2. The molecule has 3 rings (SSSR count). The monoisotopic (exact) mass is 436 g/mol. The second-order valence-electron chi connectivity index (χ2n) is 7.51. The topological polar surface area (TPSA) is 64.6 Å². The standard InChI is InChI=1S/C21H27F3N6O/c1-28(16-17-4-6-18(7-5-17)21(22,23)24)20(31)27-10-3-11-29-12-14-30(15-13-29)19-25-8-2-9-26-19/h2,4-9H,3,10-16H2,1H3,(H,27,31). The Bertz CT molecular complexity index is 823. The van der Waals surface area contributed by atoms with Gasteiger partial charge in [0, 0.05) is 58.7 Å². The molecule has 1 aliphatic heterocycles. The van der Waals surface area contributed by atoms with E-state index in [1.165, 1.54) is 17.0 Å². The van der Waals surface area contributed by atoms with Crippen LogP contribution in [0.3, 0.4) is 0 Å². The van der Waals surface area contributed by atoms with E-state index in [4.69, 9.17) is 0 Å². The van der Waals surface area contributed by atoms with Crippen molar-refractivity contribution in [3.8, 4) is 0 Å². The van der Waals surface area contributed by atoms with Crippen molar-refractivity contribution in [1.29, 1.82) is 0 Å². The van der Waals surface area contributed by atoms with E-state index in [0.717, 1.165) is 57.2 Å². The largest absolute Gasteiger partial charge is 0.416 e. The van der Waals surface area contributed by atoms with Crippen molar-refractivity contribution in [3.05, 3.63) is 53.9 Å². The van der Waals surface area contributed by atoms with Crippen molar-refractivity contribution in [2.45, 2.75) is 19.1 Å². The van der Waals surface area contributed by atoms with Gasteiger partial charge in [0.25, 0.3) is 0 Å². The van der Waals surface area contributed by atoms with Crippen molar-refractivity contribution < 1.29 is 18.0 Å². The van der Waals surface area contributed by atoms with Crippen LogP contribution in [0.15, 0.2) is 42.7 Å². The smallest absolute Gasteiger partial charge is 0.338 e. The number of piperazine rings is 1. The van der Waals surface area contributed by atoms with Gasteiger partial charge < -0.3 is 15.1 Å². The van der Waals surface area contributed by atoms with Gasteiger partial charge in [0.1, 0.15) is 0 Å². The number of alkyl halides is 3. The minimum absolute atomic E-state index is 0.244. The molecule has 0 spiro atoms. The zero-order chi connectivity index (χ0) is 22.3. The van der Waals surface area contributed by atoms with Crippen LogP contribution in [0.5, 0.6) is 0 Å². The van der Waals surface area contributed by atoms with Crippen LogP contribution in [0.2, 0.25) is 0 Å². The normalized spacial score (nSPS) is 15.0. The van der Waals surface area contributed by atoms with Crippen LogP contribution in [-0.4, -0.2) is 72.1 Å². The second-order valence-corrected chi connectivity index (χ2v) is 7.51. The van der Waals surface area contributed by atoms with E-state index in [9.17, 15) is 18.0 Å². The quantitative estimate of drug-likeness (QED) is 0.677. The lowest BCUT2D eigenvalue weighted by atomic mass is 10.1.